The number of benzene rings is 1. The molecule has 0 spiro atoms. The van der Waals surface area contributed by atoms with Gasteiger partial charge >= 0.3 is 0 Å². The van der Waals surface area contributed by atoms with Gasteiger partial charge in [-0.1, -0.05) is 15.9 Å². The highest BCUT2D eigenvalue weighted by Crippen LogP contribution is 2.15. The van der Waals surface area contributed by atoms with Gasteiger partial charge in [-0.05, 0) is 31.0 Å². The Labute approximate surface area is 62.6 Å². The van der Waals surface area contributed by atoms with E-state index in [0.717, 1.165) is 10.2 Å². The van der Waals surface area contributed by atoms with E-state index in [-0.39, 0.29) is 0 Å². The van der Waals surface area contributed by atoms with Crippen LogP contribution < -0.4 is 0 Å². The van der Waals surface area contributed by atoms with Crippen LogP contribution >= 0.6 is 15.9 Å². The summed E-state index contributed by atoms with van der Waals surface area (Å²) >= 11 is 3.31. The summed E-state index contributed by atoms with van der Waals surface area (Å²) in [5.74, 6) is 0. The molecule has 0 aliphatic rings. The van der Waals surface area contributed by atoms with Gasteiger partial charge in [-0.3, -0.25) is 4.99 Å². The highest BCUT2D eigenvalue weighted by molar-refractivity contribution is 9.10. The van der Waals surface area contributed by atoms with E-state index in [0.29, 0.717) is 0 Å². The van der Waals surface area contributed by atoms with Crippen LogP contribution in [-0.2, 0) is 0 Å². The Morgan fingerprint density at radius 2 is 1.78 bits per heavy atom. The van der Waals surface area contributed by atoms with Gasteiger partial charge in [0.1, 0.15) is 0 Å². The molecule has 0 saturated heterocycles. The number of nitrogens with zero attached hydrogens (tertiary/aromatic N) is 1. The Hall–Kier alpha value is -0.630. The molecule has 0 aliphatic carbocycles. The van der Waals surface area contributed by atoms with E-state index in [4.69, 9.17) is 0 Å². The van der Waals surface area contributed by atoms with E-state index in [1.54, 1.807) is 0 Å². The van der Waals surface area contributed by atoms with Crippen LogP contribution in [0, 0.1) is 0 Å². The van der Waals surface area contributed by atoms with Gasteiger partial charge in [0, 0.05) is 4.47 Å². The lowest BCUT2D eigenvalue weighted by molar-refractivity contribution is 1.53. The van der Waals surface area contributed by atoms with Crippen molar-refractivity contribution < 1.29 is 0 Å². The summed E-state index contributed by atoms with van der Waals surface area (Å²) in [6.07, 6.45) is 0. The average Bonchev–Trinajstić information content (AvgIpc) is 1.90. The molecule has 0 saturated carbocycles. The maximum absolute atomic E-state index is 3.74. The second-order valence-electron chi connectivity index (χ2n) is 1.63. The van der Waals surface area contributed by atoms with Gasteiger partial charge < -0.3 is 0 Å². The fourth-order valence-corrected chi connectivity index (χ4v) is 0.811. The van der Waals surface area contributed by atoms with Gasteiger partial charge in [0.05, 0.1) is 5.69 Å². The van der Waals surface area contributed by atoms with Gasteiger partial charge in [-0.25, -0.2) is 0 Å². The minimum Gasteiger partial charge on any atom is -0.265 e. The zero-order valence-corrected chi connectivity index (χ0v) is 6.43. The van der Waals surface area contributed by atoms with Crippen molar-refractivity contribution in [1.29, 1.82) is 0 Å². The van der Waals surface area contributed by atoms with Crippen molar-refractivity contribution >= 4 is 28.3 Å². The largest absolute Gasteiger partial charge is 0.265 e. The summed E-state index contributed by atoms with van der Waals surface area (Å²) in [5, 5.41) is 0. The number of rotatable bonds is 1. The highest BCUT2D eigenvalue weighted by Gasteiger charge is 1.84. The summed E-state index contributed by atoms with van der Waals surface area (Å²) in [6.45, 7) is 3.40. The molecule has 0 unspecified atom stereocenters. The summed E-state index contributed by atoms with van der Waals surface area (Å²) in [5.41, 5.74) is 0.901. The molecule has 0 heterocycles. The SMILES string of the molecule is C=Nc1ccc(Br)cc1. The third-order valence-electron chi connectivity index (χ3n) is 1.01. The lowest BCUT2D eigenvalue weighted by Gasteiger charge is -1.89. The molecule has 1 nitrogen and oxygen atoms in total. The molecule has 0 amide bonds. The topological polar surface area (TPSA) is 12.4 Å². The standard InChI is InChI=1S/C7H6BrN/c1-9-7-4-2-6(8)3-5-7/h2-5H,1H2. The molecule has 2 heteroatoms. The molecule has 0 radical (unpaired) electrons. The molecule has 1 aromatic carbocycles. The summed E-state index contributed by atoms with van der Waals surface area (Å²) in [4.78, 5) is 3.74. The number of hydrogen-bond donors (Lipinski definition) is 0. The summed E-state index contributed by atoms with van der Waals surface area (Å²) in [6, 6.07) is 7.67. The molecular weight excluding hydrogens is 178 g/mol. The highest BCUT2D eigenvalue weighted by atomic mass is 79.9. The first-order valence-corrected chi connectivity index (χ1v) is 3.34. The van der Waals surface area contributed by atoms with E-state index in [1.807, 2.05) is 24.3 Å². The van der Waals surface area contributed by atoms with Gasteiger partial charge in [-0.2, -0.15) is 0 Å². The molecule has 0 aromatic heterocycles. The summed E-state index contributed by atoms with van der Waals surface area (Å²) in [7, 11) is 0. The van der Waals surface area contributed by atoms with E-state index in [9.17, 15) is 0 Å². The van der Waals surface area contributed by atoms with E-state index in [2.05, 4.69) is 27.6 Å². The Bertz CT molecular complexity index is 203. The Balaban J connectivity index is 3.01. The van der Waals surface area contributed by atoms with Crippen LogP contribution in [-0.4, -0.2) is 6.72 Å². The minimum absolute atomic E-state index is 0.901. The molecule has 0 N–H and O–H groups in total. The lowest BCUT2D eigenvalue weighted by Crippen LogP contribution is -1.61. The fraction of sp³-hybridized carbons (Fsp3) is 0. The van der Waals surface area contributed by atoms with Crippen LogP contribution in [0.5, 0.6) is 0 Å². The fourth-order valence-electron chi connectivity index (χ4n) is 0.547. The molecule has 0 bridgehead atoms. The van der Waals surface area contributed by atoms with Crippen molar-refractivity contribution in [2.75, 3.05) is 0 Å². The zero-order chi connectivity index (χ0) is 6.69. The maximum atomic E-state index is 3.74. The Kier molecular flexibility index (Phi) is 2.01. The Morgan fingerprint density at radius 3 is 2.22 bits per heavy atom. The monoisotopic (exact) mass is 183 g/mol. The summed E-state index contributed by atoms with van der Waals surface area (Å²) < 4.78 is 1.06. The molecule has 9 heavy (non-hydrogen) atoms. The molecule has 1 rings (SSSR count). The molecule has 1 aromatic rings. The molecular formula is C7H6BrN. The van der Waals surface area contributed by atoms with Crippen LogP contribution in [0.1, 0.15) is 0 Å². The van der Waals surface area contributed by atoms with Crippen LogP contribution in [0.3, 0.4) is 0 Å². The zero-order valence-electron chi connectivity index (χ0n) is 4.84. The number of aliphatic imine (C=N–C) groups is 1. The first-order valence-electron chi connectivity index (χ1n) is 2.55. The van der Waals surface area contributed by atoms with Crippen LogP contribution in [0.15, 0.2) is 33.7 Å². The molecule has 0 atom stereocenters. The quantitative estimate of drug-likeness (QED) is 0.595. The molecule has 0 fully saturated rings. The van der Waals surface area contributed by atoms with Gasteiger partial charge in [0.25, 0.3) is 0 Å². The first-order chi connectivity index (χ1) is 4.33. The third-order valence-corrected chi connectivity index (χ3v) is 1.54. The Morgan fingerprint density at radius 1 is 1.22 bits per heavy atom. The number of hydrogen-bond acceptors (Lipinski definition) is 1. The molecule has 0 aliphatic heterocycles. The van der Waals surface area contributed by atoms with Crippen LogP contribution in [0.4, 0.5) is 5.69 Å². The second-order valence-corrected chi connectivity index (χ2v) is 2.55. The van der Waals surface area contributed by atoms with E-state index < -0.39 is 0 Å². The van der Waals surface area contributed by atoms with Crippen molar-refractivity contribution in [2.24, 2.45) is 4.99 Å². The van der Waals surface area contributed by atoms with Crippen molar-refractivity contribution in [3.63, 3.8) is 0 Å². The predicted molar refractivity (Wildman–Crippen MR) is 43.4 cm³/mol. The first kappa shape index (κ1) is 6.49. The van der Waals surface area contributed by atoms with Crippen LogP contribution in [0.2, 0.25) is 0 Å². The second kappa shape index (κ2) is 2.78. The van der Waals surface area contributed by atoms with Crippen molar-refractivity contribution in [1.82, 2.24) is 0 Å². The lowest BCUT2D eigenvalue weighted by atomic mass is 10.3. The van der Waals surface area contributed by atoms with Gasteiger partial charge in [0.2, 0.25) is 0 Å². The van der Waals surface area contributed by atoms with E-state index >= 15 is 0 Å². The van der Waals surface area contributed by atoms with Crippen molar-refractivity contribution in [2.45, 2.75) is 0 Å². The normalized spacial score (nSPS) is 9.00. The smallest absolute Gasteiger partial charge is 0.0623 e. The van der Waals surface area contributed by atoms with Gasteiger partial charge in [-0.15, -0.1) is 0 Å². The third kappa shape index (κ3) is 1.64. The minimum atomic E-state index is 0.901. The van der Waals surface area contributed by atoms with Crippen molar-refractivity contribution in [3.8, 4) is 0 Å². The van der Waals surface area contributed by atoms with E-state index in [1.165, 1.54) is 0 Å². The van der Waals surface area contributed by atoms with Crippen molar-refractivity contribution in [3.05, 3.63) is 28.7 Å². The predicted octanol–water partition coefficient (Wildman–Crippen LogP) is 2.78. The van der Waals surface area contributed by atoms with Crippen LogP contribution in [0.25, 0.3) is 0 Å². The van der Waals surface area contributed by atoms with Gasteiger partial charge in [0.15, 0.2) is 0 Å². The number of halogens is 1. The maximum Gasteiger partial charge on any atom is 0.0623 e. The molecule has 46 valence electrons. The average molecular weight is 184 g/mol.